The summed E-state index contributed by atoms with van der Waals surface area (Å²) < 4.78 is 0. The second-order valence-electron chi connectivity index (χ2n) is 11.7. The molecule has 6 amide bonds. The maximum absolute atomic E-state index is 13.6. The van der Waals surface area contributed by atoms with Gasteiger partial charge in [0.2, 0.25) is 35.4 Å². The van der Waals surface area contributed by atoms with Gasteiger partial charge in [-0.2, -0.15) is 0 Å². The molecule has 0 fully saturated rings. The highest BCUT2D eigenvalue weighted by Crippen LogP contribution is 2.06. The number of hydrogen-bond donors (Lipinski definition) is 16. The molecule has 0 rings (SSSR count). The fourth-order valence-corrected chi connectivity index (χ4v) is 4.58. The first-order valence-electron chi connectivity index (χ1n) is 16.6. The minimum atomic E-state index is -1.64. The van der Waals surface area contributed by atoms with Crippen LogP contribution in [0.2, 0.25) is 0 Å². The van der Waals surface area contributed by atoms with Gasteiger partial charge in [-0.15, -0.1) is 0 Å². The zero-order valence-corrected chi connectivity index (χ0v) is 29.5. The van der Waals surface area contributed by atoms with Crippen LogP contribution in [0.15, 0.2) is 0 Å². The quantitative estimate of drug-likeness (QED) is 0.0211. The van der Waals surface area contributed by atoms with E-state index in [4.69, 9.17) is 38.9 Å². The van der Waals surface area contributed by atoms with E-state index in [0.29, 0.717) is 25.8 Å². The van der Waals surface area contributed by atoms with Crippen molar-refractivity contribution in [1.29, 1.82) is 10.8 Å². The number of carbonyl (C=O) groups excluding carboxylic acids is 6. The van der Waals surface area contributed by atoms with Crippen LogP contribution in [0, 0.1) is 10.8 Å². The van der Waals surface area contributed by atoms with Crippen LogP contribution in [0.1, 0.15) is 58.3 Å². The molecular formula is C29H56N14O9. The summed E-state index contributed by atoms with van der Waals surface area (Å²) in [6.07, 6.45) is 1.44. The lowest BCUT2D eigenvalue weighted by molar-refractivity contribution is -0.140. The Morgan fingerprint density at radius 2 is 1.04 bits per heavy atom. The van der Waals surface area contributed by atoms with E-state index in [1.165, 1.54) is 6.92 Å². The molecule has 0 radical (unpaired) electrons. The van der Waals surface area contributed by atoms with E-state index in [9.17, 15) is 38.7 Å². The molecule has 0 saturated heterocycles. The van der Waals surface area contributed by atoms with Crippen molar-refractivity contribution in [2.24, 2.45) is 22.9 Å². The maximum Gasteiger partial charge on any atom is 0.305 e. The zero-order valence-electron chi connectivity index (χ0n) is 29.5. The molecule has 296 valence electrons. The summed E-state index contributed by atoms with van der Waals surface area (Å²) in [5.41, 5.74) is 21.3. The van der Waals surface area contributed by atoms with Crippen LogP contribution >= 0.6 is 0 Å². The van der Waals surface area contributed by atoms with Crippen LogP contribution in [0.5, 0.6) is 0 Å². The molecule has 0 bridgehead atoms. The fourth-order valence-electron chi connectivity index (χ4n) is 4.58. The number of aliphatic hydroxyl groups is 1. The van der Waals surface area contributed by atoms with Gasteiger partial charge in [0.15, 0.2) is 11.9 Å². The number of nitrogens with one attached hydrogen (secondary N) is 10. The van der Waals surface area contributed by atoms with Crippen molar-refractivity contribution in [2.45, 2.75) is 94.5 Å². The number of nitrogens with two attached hydrogens (primary N) is 4. The monoisotopic (exact) mass is 744 g/mol. The number of amides is 6. The molecule has 0 aromatic heterocycles. The zero-order chi connectivity index (χ0) is 39.8. The number of carbonyl (C=O) groups is 7. The average molecular weight is 745 g/mol. The number of aliphatic hydroxyl groups excluding tert-OH is 1. The number of hydrogen-bond acceptors (Lipinski definition) is 12. The SMILES string of the molecule is CN[C@@H](CCCCN)C(=O)N[C@@H](CCCNC(=N)N)C(=O)N[C@@H](CCCNC(=N)N)C(=O)N[C@@H](CO)C(=O)N[C@@H](C)C(=O)N[C@@H](CC(=O)O)C(N)=O. The first-order chi connectivity index (χ1) is 24.5. The Morgan fingerprint density at radius 3 is 1.44 bits per heavy atom. The number of likely N-dealkylation sites (N-methyl/N-ethyl adjacent to an activating group) is 1. The van der Waals surface area contributed by atoms with Gasteiger partial charge >= 0.3 is 5.97 Å². The Morgan fingerprint density at radius 1 is 0.615 bits per heavy atom. The topological polar surface area (TPSA) is 408 Å². The van der Waals surface area contributed by atoms with Crippen LogP contribution in [0.3, 0.4) is 0 Å². The molecule has 0 spiro atoms. The van der Waals surface area contributed by atoms with Gasteiger partial charge < -0.3 is 75.7 Å². The number of unbranched alkanes of at least 4 members (excludes halogenated alkanes) is 1. The largest absolute Gasteiger partial charge is 0.481 e. The molecule has 0 heterocycles. The molecule has 20 N–H and O–H groups in total. The van der Waals surface area contributed by atoms with E-state index >= 15 is 0 Å². The number of aliphatic carboxylic acids is 1. The molecule has 0 aromatic rings. The number of carboxylic acids is 1. The minimum Gasteiger partial charge on any atom is -0.481 e. The predicted octanol–water partition coefficient (Wildman–Crippen LogP) is -6.37. The molecule has 0 aliphatic rings. The van der Waals surface area contributed by atoms with Crippen LogP contribution in [-0.2, 0) is 33.6 Å². The smallest absolute Gasteiger partial charge is 0.305 e. The first-order valence-corrected chi connectivity index (χ1v) is 16.6. The maximum atomic E-state index is 13.6. The van der Waals surface area contributed by atoms with Crippen molar-refractivity contribution in [3.05, 3.63) is 0 Å². The fraction of sp³-hybridized carbons (Fsp3) is 0.690. The van der Waals surface area contributed by atoms with E-state index in [0.717, 1.165) is 0 Å². The van der Waals surface area contributed by atoms with E-state index in [2.05, 4.69) is 42.5 Å². The molecule has 0 aliphatic heterocycles. The summed E-state index contributed by atoms with van der Waals surface area (Å²) in [4.78, 5) is 88.1. The highest BCUT2D eigenvalue weighted by molar-refractivity contribution is 5.97. The van der Waals surface area contributed by atoms with Crippen LogP contribution < -0.4 is 65.5 Å². The second-order valence-corrected chi connectivity index (χ2v) is 11.7. The summed E-state index contributed by atoms with van der Waals surface area (Å²) in [5, 5.41) is 53.5. The Bertz CT molecular complexity index is 1240. The Hall–Kier alpha value is -5.29. The van der Waals surface area contributed by atoms with Gasteiger partial charge in [-0.1, -0.05) is 6.42 Å². The molecule has 0 unspecified atom stereocenters. The Balaban J connectivity index is 5.97. The van der Waals surface area contributed by atoms with Gasteiger partial charge in [0.05, 0.1) is 19.1 Å². The molecule has 52 heavy (non-hydrogen) atoms. The summed E-state index contributed by atoms with van der Waals surface area (Å²) in [7, 11) is 1.59. The third kappa shape index (κ3) is 19.8. The van der Waals surface area contributed by atoms with E-state index in [1.807, 2.05) is 0 Å². The van der Waals surface area contributed by atoms with E-state index in [1.54, 1.807) is 7.05 Å². The second kappa shape index (κ2) is 25.6. The van der Waals surface area contributed by atoms with Crippen LogP contribution in [0.4, 0.5) is 0 Å². The van der Waals surface area contributed by atoms with Gasteiger partial charge in [0, 0.05) is 13.1 Å². The van der Waals surface area contributed by atoms with Gasteiger partial charge in [-0.3, -0.25) is 44.4 Å². The molecule has 23 nitrogen and oxygen atoms in total. The summed E-state index contributed by atoms with van der Waals surface area (Å²) >= 11 is 0. The summed E-state index contributed by atoms with van der Waals surface area (Å²) in [6.45, 7) is 1.03. The summed E-state index contributed by atoms with van der Waals surface area (Å²) in [5.74, 6) is -7.33. The minimum absolute atomic E-state index is 0.0562. The van der Waals surface area contributed by atoms with Crippen molar-refractivity contribution in [3.63, 3.8) is 0 Å². The van der Waals surface area contributed by atoms with E-state index < -0.39 is 90.7 Å². The molecular weight excluding hydrogens is 688 g/mol. The highest BCUT2D eigenvalue weighted by atomic mass is 16.4. The van der Waals surface area contributed by atoms with Crippen LogP contribution in [0.25, 0.3) is 0 Å². The number of primary amides is 1. The van der Waals surface area contributed by atoms with Crippen molar-refractivity contribution < 1.29 is 43.8 Å². The number of rotatable bonds is 27. The standard InChI is InChI=1S/C29H56N14O9/c1-15(23(48)42-19(22(31)47)13-21(45)46)39-27(52)20(14-44)43-26(51)18(9-6-12-38-29(34)35)41-25(50)17(8-5-11-37-28(32)33)40-24(49)16(36-2)7-3-4-10-30/h15-20,36,44H,3-14,30H2,1-2H3,(H2,31,47)(H,39,52)(H,40,49)(H,41,50)(H,42,48)(H,43,51)(H,45,46)(H4,32,33,37)(H4,34,35,38)/t15-,16-,17-,18-,19-,20-/m0/s1. The van der Waals surface area contributed by atoms with Crippen LogP contribution in [-0.4, -0.2) is 133 Å². The first kappa shape index (κ1) is 46.7. The van der Waals surface area contributed by atoms with Crippen molar-refractivity contribution in [2.75, 3.05) is 33.3 Å². The lowest BCUT2D eigenvalue weighted by Crippen LogP contribution is -2.60. The summed E-state index contributed by atoms with van der Waals surface area (Å²) in [6, 6.07) is -7.73. The Kier molecular flexibility index (Phi) is 23.0. The molecule has 0 saturated carbocycles. The van der Waals surface area contributed by atoms with Gasteiger partial charge in [-0.05, 0) is 59.0 Å². The van der Waals surface area contributed by atoms with E-state index in [-0.39, 0.29) is 50.7 Å². The lowest BCUT2D eigenvalue weighted by atomic mass is 10.0. The molecule has 6 atom stereocenters. The van der Waals surface area contributed by atoms with Gasteiger partial charge in [0.1, 0.15) is 30.2 Å². The Labute approximate surface area is 301 Å². The normalized spacial score (nSPS) is 14.2. The third-order valence-electron chi connectivity index (χ3n) is 7.45. The number of guanidine groups is 2. The highest BCUT2D eigenvalue weighted by Gasteiger charge is 2.32. The third-order valence-corrected chi connectivity index (χ3v) is 7.45. The molecule has 0 aliphatic carbocycles. The van der Waals surface area contributed by atoms with Gasteiger partial charge in [0.25, 0.3) is 0 Å². The van der Waals surface area contributed by atoms with Crippen molar-refractivity contribution >= 4 is 53.3 Å². The van der Waals surface area contributed by atoms with Gasteiger partial charge in [-0.25, -0.2) is 0 Å². The number of carboxylic acid groups (broad SMARTS) is 1. The van der Waals surface area contributed by atoms with Crippen molar-refractivity contribution in [1.82, 2.24) is 42.5 Å². The predicted molar refractivity (Wildman–Crippen MR) is 188 cm³/mol. The molecule has 0 aromatic carbocycles. The average Bonchev–Trinajstić information content (AvgIpc) is 3.06. The lowest BCUT2D eigenvalue weighted by Gasteiger charge is -2.26. The van der Waals surface area contributed by atoms with Crippen molar-refractivity contribution in [3.8, 4) is 0 Å². The molecule has 23 heteroatoms.